The molecule has 166 valence electrons. The minimum absolute atomic E-state index is 0.108. The molecule has 0 bridgehead atoms. The highest BCUT2D eigenvalue weighted by atomic mass is 16.7. The van der Waals surface area contributed by atoms with Gasteiger partial charge in [-0.2, -0.15) is 0 Å². The summed E-state index contributed by atoms with van der Waals surface area (Å²) < 4.78 is 16.4. The van der Waals surface area contributed by atoms with Gasteiger partial charge in [0.25, 0.3) is 0 Å². The van der Waals surface area contributed by atoms with Crippen molar-refractivity contribution >= 4 is 17.5 Å². The monoisotopic (exact) mass is 410 g/mol. The number of allylic oxidation sites excluding steroid dienone is 1. The molecule has 1 fully saturated rings. The van der Waals surface area contributed by atoms with Crippen molar-refractivity contribution < 1.29 is 28.6 Å². The number of hydrogen-bond acceptors (Lipinski definition) is 6. The number of carbonyl (C=O) groups excluding carboxylic acids is 3. The Hall–Kier alpha value is -1.53. The maximum Gasteiger partial charge on any atom is 0.306 e. The van der Waals surface area contributed by atoms with E-state index >= 15 is 0 Å². The number of esters is 1. The molecule has 0 aromatic rings. The summed E-state index contributed by atoms with van der Waals surface area (Å²) >= 11 is 0. The van der Waals surface area contributed by atoms with E-state index in [2.05, 4.69) is 6.92 Å². The van der Waals surface area contributed by atoms with Gasteiger partial charge in [-0.1, -0.05) is 25.8 Å². The predicted molar refractivity (Wildman–Crippen MR) is 111 cm³/mol. The van der Waals surface area contributed by atoms with Gasteiger partial charge in [-0.05, 0) is 38.7 Å². The van der Waals surface area contributed by atoms with Crippen LogP contribution in [0.2, 0.25) is 0 Å². The van der Waals surface area contributed by atoms with Crippen molar-refractivity contribution in [3.05, 3.63) is 12.2 Å². The summed E-state index contributed by atoms with van der Waals surface area (Å²) in [6, 6.07) is 0. The summed E-state index contributed by atoms with van der Waals surface area (Å²) in [6.07, 6.45) is 11.2. The van der Waals surface area contributed by atoms with Gasteiger partial charge in [-0.15, -0.1) is 0 Å². The minimum Gasteiger partial charge on any atom is -0.459 e. The fourth-order valence-corrected chi connectivity index (χ4v) is 3.59. The van der Waals surface area contributed by atoms with Crippen LogP contribution in [0, 0.1) is 0 Å². The van der Waals surface area contributed by atoms with Gasteiger partial charge in [0.15, 0.2) is 11.6 Å². The molecule has 1 unspecified atom stereocenters. The second kappa shape index (κ2) is 12.9. The van der Waals surface area contributed by atoms with Gasteiger partial charge < -0.3 is 14.2 Å². The third kappa shape index (κ3) is 9.68. The molecule has 0 amide bonds. The number of methoxy groups -OCH3 is 2. The summed E-state index contributed by atoms with van der Waals surface area (Å²) in [6.45, 7) is 4.04. The van der Waals surface area contributed by atoms with E-state index in [-0.39, 0.29) is 17.5 Å². The van der Waals surface area contributed by atoms with Crippen LogP contribution in [-0.2, 0) is 28.6 Å². The molecular formula is C23H38O6. The first-order chi connectivity index (χ1) is 13.8. The molecule has 0 radical (unpaired) electrons. The molecule has 0 aromatic heterocycles. The number of hydrogen-bond donors (Lipinski definition) is 0. The number of rotatable bonds is 16. The van der Waals surface area contributed by atoms with Crippen LogP contribution in [0.25, 0.3) is 0 Å². The summed E-state index contributed by atoms with van der Waals surface area (Å²) in [5.41, 5.74) is -0.422. The maximum atomic E-state index is 12.3. The number of carbonyl (C=O) groups is 3. The minimum atomic E-state index is -0.900. The third-order valence-electron chi connectivity index (χ3n) is 5.67. The topological polar surface area (TPSA) is 78.9 Å². The molecule has 0 spiro atoms. The first-order valence-corrected chi connectivity index (χ1v) is 10.8. The van der Waals surface area contributed by atoms with E-state index in [0.717, 1.165) is 25.7 Å². The first kappa shape index (κ1) is 25.5. The molecule has 1 rings (SSSR count). The molecule has 1 aliphatic heterocycles. The maximum absolute atomic E-state index is 12.3. The second-order valence-electron chi connectivity index (χ2n) is 8.17. The highest BCUT2D eigenvalue weighted by molar-refractivity contribution is 5.89. The van der Waals surface area contributed by atoms with Crippen molar-refractivity contribution in [3.63, 3.8) is 0 Å². The number of cyclic esters (lactones) is 1. The van der Waals surface area contributed by atoms with Gasteiger partial charge in [0, 0.05) is 52.7 Å². The Balaban J connectivity index is 2.38. The Kier molecular flexibility index (Phi) is 11.4. The van der Waals surface area contributed by atoms with Gasteiger partial charge >= 0.3 is 5.97 Å². The van der Waals surface area contributed by atoms with Crippen LogP contribution in [0.15, 0.2) is 12.2 Å². The van der Waals surface area contributed by atoms with E-state index in [0.29, 0.717) is 51.4 Å². The Morgan fingerprint density at radius 1 is 1.14 bits per heavy atom. The van der Waals surface area contributed by atoms with E-state index in [1.165, 1.54) is 0 Å². The van der Waals surface area contributed by atoms with Crippen LogP contribution in [0.4, 0.5) is 0 Å². The van der Waals surface area contributed by atoms with Crippen molar-refractivity contribution in [2.24, 2.45) is 0 Å². The fraction of sp³-hybridized carbons (Fsp3) is 0.783. The van der Waals surface area contributed by atoms with E-state index < -0.39 is 11.4 Å². The summed E-state index contributed by atoms with van der Waals surface area (Å²) in [5, 5.41) is 0. The zero-order valence-electron chi connectivity index (χ0n) is 18.6. The van der Waals surface area contributed by atoms with Gasteiger partial charge in [0.2, 0.25) is 0 Å². The van der Waals surface area contributed by atoms with Crippen molar-refractivity contribution in [2.75, 3.05) is 14.2 Å². The Morgan fingerprint density at radius 3 is 2.45 bits per heavy atom. The SMILES string of the molecule is CCCCCC(=O)C=CCC(CCC(=O)CCCC1(C)CCC(=O)O1)(OC)OC. The number of Topliss-reactive ketones (excluding diaryl/α,β-unsaturated/α-hetero) is 1. The number of ether oxygens (including phenoxy) is 3. The lowest BCUT2D eigenvalue weighted by Gasteiger charge is -2.29. The Labute approximate surface area is 175 Å². The summed E-state index contributed by atoms with van der Waals surface area (Å²) in [7, 11) is 3.11. The van der Waals surface area contributed by atoms with Crippen LogP contribution in [-0.4, -0.2) is 43.1 Å². The predicted octanol–water partition coefficient (Wildman–Crippen LogP) is 4.69. The van der Waals surface area contributed by atoms with Crippen LogP contribution in [0.5, 0.6) is 0 Å². The van der Waals surface area contributed by atoms with Crippen molar-refractivity contribution in [1.29, 1.82) is 0 Å². The van der Waals surface area contributed by atoms with Gasteiger partial charge in [0.1, 0.15) is 11.4 Å². The highest BCUT2D eigenvalue weighted by Gasteiger charge is 2.35. The fourth-order valence-electron chi connectivity index (χ4n) is 3.59. The standard InChI is InChI=1S/C23H38O6/c1-5-6-7-10-19(24)12-9-16-23(27-3,28-4)18-13-20(25)11-8-15-22(2)17-14-21(26)29-22/h9,12H,5-8,10-11,13-18H2,1-4H3. The van der Waals surface area contributed by atoms with Crippen molar-refractivity contribution in [2.45, 2.75) is 102 Å². The largest absolute Gasteiger partial charge is 0.459 e. The molecule has 6 heteroatoms. The lowest BCUT2D eigenvalue weighted by Crippen LogP contribution is -2.34. The van der Waals surface area contributed by atoms with Crippen molar-refractivity contribution in [3.8, 4) is 0 Å². The molecule has 1 heterocycles. The average molecular weight is 411 g/mol. The number of ketones is 2. The van der Waals surface area contributed by atoms with Crippen LogP contribution >= 0.6 is 0 Å². The molecule has 6 nitrogen and oxygen atoms in total. The highest BCUT2D eigenvalue weighted by Crippen LogP contribution is 2.31. The van der Waals surface area contributed by atoms with Crippen LogP contribution < -0.4 is 0 Å². The van der Waals surface area contributed by atoms with Gasteiger partial charge in [-0.3, -0.25) is 14.4 Å². The van der Waals surface area contributed by atoms with Gasteiger partial charge in [0.05, 0.1) is 0 Å². The lowest BCUT2D eigenvalue weighted by molar-refractivity contribution is -0.208. The van der Waals surface area contributed by atoms with E-state index in [9.17, 15) is 14.4 Å². The number of unbranched alkanes of at least 4 members (excludes halogenated alkanes) is 2. The average Bonchev–Trinajstić information content (AvgIpc) is 3.03. The molecule has 1 atom stereocenters. The molecule has 1 aliphatic rings. The zero-order valence-corrected chi connectivity index (χ0v) is 18.6. The molecule has 0 aromatic carbocycles. The molecule has 1 saturated heterocycles. The van der Waals surface area contributed by atoms with Gasteiger partial charge in [-0.25, -0.2) is 0 Å². The van der Waals surface area contributed by atoms with E-state index in [4.69, 9.17) is 14.2 Å². The summed E-state index contributed by atoms with van der Waals surface area (Å²) in [4.78, 5) is 35.5. The lowest BCUT2D eigenvalue weighted by atomic mass is 9.94. The van der Waals surface area contributed by atoms with Crippen molar-refractivity contribution in [1.82, 2.24) is 0 Å². The van der Waals surface area contributed by atoms with Crippen LogP contribution in [0.3, 0.4) is 0 Å². The van der Waals surface area contributed by atoms with E-state index in [1.807, 2.05) is 6.92 Å². The molecule has 0 N–H and O–H groups in total. The first-order valence-electron chi connectivity index (χ1n) is 10.8. The molecule has 0 aliphatic carbocycles. The smallest absolute Gasteiger partial charge is 0.306 e. The van der Waals surface area contributed by atoms with E-state index in [1.54, 1.807) is 26.4 Å². The van der Waals surface area contributed by atoms with Crippen LogP contribution in [0.1, 0.15) is 90.9 Å². The Morgan fingerprint density at radius 2 is 1.86 bits per heavy atom. The third-order valence-corrected chi connectivity index (χ3v) is 5.67. The quantitative estimate of drug-likeness (QED) is 0.159. The molecule has 0 saturated carbocycles. The Bertz CT molecular complexity index is 564. The second-order valence-corrected chi connectivity index (χ2v) is 8.17. The summed E-state index contributed by atoms with van der Waals surface area (Å²) in [5.74, 6) is -0.809. The molecular weight excluding hydrogens is 372 g/mol. The normalized spacial score (nSPS) is 19.7. The zero-order chi connectivity index (χ0) is 21.8. The molecule has 29 heavy (non-hydrogen) atoms.